The summed E-state index contributed by atoms with van der Waals surface area (Å²) in [5.74, 6) is 1.63. The first-order valence-corrected chi connectivity index (χ1v) is 7.42. The van der Waals surface area contributed by atoms with E-state index >= 15 is 0 Å². The predicted molar refractivity (Wildman–Crippen MR) is 78.6 cm³/mol. The third-order valence-corrected chi connectivity index (χ3v) is 3.16. The molecule has 0 amide bonds. The molecule has 19 heavy (non-hydrogen) atoms. The average Bonchev–Trinajstić information content (AvgIpc) is 2.90. The van der Waals surface area contributed by atoms with Crippen LogP contribution in [0.2, 0.25) is 0 Å². The molecule has 1 N–H and O–H groups in total. The minimum absolute atomic E-state index is 0.636. The highest BCUT2D eigenvalue weighted by atomic mass is 16.5. The summed E-state index contributed by atoms with van der Waals surface area (Å²) in [6, 6.07) is 0. The van der Waals surface area contributed by atoms with Crippen LogP contribution in [0.3, 0.4) is 0 Å². The van der Waals surface area contributed by atoms with Gasteiger partial charge in [0.15, 0.2) is 5.96 Å². The van der Waals surface area contributed by atoms with E-state index in [1.807, 2.05) is 6.92 Å². The summed E-state index contributed by atoms with van der Waals surface area (Å²) in [5.41, 5.74) is 0. The minimum atomic E-state index is 0.636. The van der Waals surface area contributed by atoms with Crippen molar-refractivity contribution in [3.8, 4) is 0 Å². The molecule has 0 spiro atoms. The van der Waals surface area contributed by atoms with Gasteiger partial charge in [-0.3, -0.25) is 4.99 Å². The van der Waals surface area contributed by atoms with Crippen molar-refractivity contribution in [3.63, 3.8) is 0 Å². The molecule has 0 aromatic heterocycles. The molecule has 0 radical (unpaired) electrons. The van der Waals surface area contributed by atoms with Crippen molar-refractivity contribution in [1.82, 2.24) is 10.2 Å². The lowest BCUT2D eigenvalue weighted by Gasteiger charge is -2.24. The first-order chi connectivity index (χ1) is 9.27. The lowest BCUT2D eigenvalue weighted by atomic mass is 10.1. The van der Waals surface area contributed by atoms with E-state index in [0.29, 0.717) is 5.92 Å². The van der Waals surface area contributed by atoms with Gasteiger partial charge in [0.05, 0.1) is 6.61 Å². The number of nitrogens with one attached hydrogen (secondary N) is 1. The van der Waals surface area contributed by atoms with Crippen LogP contribution in [0.25, 0.3) is 0 Å². The van der Waals surface area contributed by atoms with Crippen LogP contribution in [0.1, 0.15) is 26.7 Å². The summed E-state index contributed by atoms with van der Waals surface area (Å²) in [6.45, 7) is 10.2. The molecule has 0 aliphatic carbocycles. The smallest absolute Gasteiger partial charge is 0.193 e. The number of ether oxygens (including phenoxy) is 2. The van der Waals surface area contributed by atoms with Gasteiger partial charge in [0.1, 0.15) is 0 Å². The lowest BCUT2D eigenvalue weighted by molar-refractivity contribution is 0.146. The zero-order valence-electron chi connectivity index (χ0n) is 12.7. The molecule has 1 heterocycles. The number of guanidine groups is 1. The van der Waals surface area contributed by atoms with Crippen molar-refractivity contribution in [2.45, 2.75) is 26.7 Å². The molecule has 5 heteroatoms. The van der Waals surface area contributed by atoms with Crippen LogP contribution in [-0.4, -0.2) is 64.0 Å². The van der Waals surface area contributed by atoms with Gasteiger partial charge < -0.3 is 19.7 Å². The van der Waals surface area contributed by atoms with Crippen LogP contribution >= 0.6 is 0 Å². The van der Waals surface area contributed by atoms with E-state index in [1.165, 1.54) is 0 Å². The molecule has 1 aliphatic heterocycles. The Morgan fingerprint density at radius 1 is 1.47 bits per heavy atom. The van der Waals surface area contributed by atoms with Gasteiger partial charge in [0, 0.05) is 52.4 Å². The van der Waals surface area contributed by atoms with Crippen LogP contribution < -0.4 is 5.32 Å². The quantitative estimate of drug-likeness (QED) is 0.411. The van der Waals surface area contributed by atoms with Crippen molar-refractivity contribution in [3.05, 3.63) is 0 Å². The number of hydrogen-bond donors (Lipinski definition) is 1. The maximum absolute atomic E-state index is 5.42. The normalized spacial score (nSPS) is 19.7. The Morgan fingerprint density at radius 2 is 2.32 bits per heavy atom. The predicted octanol–water partition coefficient (Wildman–Crippen LogP) is 1.35. The Morgan fingerprint density at radius 3 is 2.95 bits per heavy atom. The highest BCUT2D eigenvalue weighted by molar-refractivity contribution is 5.79. The Bertz CT molecular complexity index is 253. The molecule has 0 saturated carbocycles. The first kappa shape index (κ1) is 16.2. The van der Waals surface area contributed by atoms with Crippen molar-refractivity contribution < 1.29 is 9.47 Å². The van der Waals surface area contributed by atoms with Crippen LogP contribution in [0.5, 0.6) is 0 Å². The fourth-order valence-corrected chi connectivity index (χ4v) is 2.17. The summed E-state index contributed by atoms with van der Waals surface area (Å²) in [7, 11) is 2.10. The van der Waals surface area contributed by atoms with Crippen molar-refractivity contribution in [2.24, 2.45) is 10.9 Å². The fraction of sp³-hybridized carbons (Fsp3) is 0.929. The van der Waals surface area contributed by atoms with Crippen molar-refractivity contribution >= 4 is 5.96 Å². The van der Waals surface area contributed by atoms with Crippen LogP contribution in [0.4, 0.5) is 0 Å². The first-order valence-electron chi connectivity index (χ1n) is 7.42. The van der Waals surface area contributed by atoms with Gasteiger partial charge in [-0.25, -0.2) is 0 Å². The Balaban J connectivity index is 2.33. The number of hydrogen-bond acceptors (Lipinski definition) is 3. The highest BCUT2D eigenvalue weighted by Crippen LogP contribution is 2.13. The van der Waals surface area contributed by atoms with Crippen LogP contribution in [0, 0.1) is 5.92 Å². The van der Waals surface area contributed by atoms with E-state index < -0.39 is 0 Å². The third-order valence-electron chi connectivity index (χ3n) is 3.16. The molecule has 1 unspecified atom stereocenters. The summed E-state index contributed by atoms with van der Waals surface area (Å²) in [4.78, 5) is 6.85. The van der Waals surface area contributed by atoms with E-state index in [2.05, 4.69) is 29.2 Å². The summed E-state index contributed by atoms with van der Waals surface area (Å²) in [6.07, 6.45) is 2.14. The minimum Gasteiger partial charge on any atom is -0.382 e. The van der Waals surface area contributed by atoms with E-state index in [9.17, 15) is 0 Å². The second-order valence-corrected chi connectivity index (χ2v) is 4.90. The monoisotopic (exact) mass is 271 g/mol. The summed E-state index contributed by atoms with van der Waals surface area (Å²) in [5, 5.41) is 3.34. The van der Waals surface area contributed by atoms with Gasteiger partial charge in [0.2, 0.25) is 0 Å². The SMILES string of the molecule is CCNC(=NCCCOCC)N(C)CC1CCOC1. The van der Waals surface area contributed by atoms with Crippen molar-refractivity contribution in [1.29, 1.82) is 0 Å². The standard InChI is InChI=1S/C14H29N3O2/c1-4-15-14(16-8-6-9-18-5-2)17(3)11-13-7-10-19-12-13/h13H,4-12H2,1-3H3,(H,15,16). The van der Waals surface area contributed by atoms with E-state index in [0.717, 1.165) is 64.9 Å². The maximum Gasteiger partial charge on any atom is 0.193 e. The molecule has 1 atom stereocenters. The summed E-state index contributed by atoms with van der Waals surface area (Å²) >= 11 is 0. The van der Waals surface area contributed by atoms with Gasteiger partial charge in [0.25, 0.3) is 0 Å². The van der Waals surface area contributed by atoms with Gasteiger partial charge in [-0.1, -0.05) is 0 Å². The molecule has 1 rings (SSSR count). The Kier molecular flexibility index (Phi) is 8.58. The molecule has 1 fully saturated rings. The number of nitrogens with zero attached hydrogens (tertiary/aromatic N) is 2. The highest BCUT2D eigenvalue weighted by Gasteiger charge is 2.18. The molecule has 5 nitrogen and oxygen atoms in total. The van der Waals surface area contributed by atoms with Crippen molar-refractivity contribution in [2.75, 3.05) is 53.1 Å². The zero-order chi connectivity index (χ0) is 13.9. The molecular weight excluding hydrogens is 242 g/mol. The van der Waals surface area contributed by atoms with Gasteiger partial charge in [-0.05, 0) is 26.7 Å². The molecule has 1 saturated heterocycles. The Labute approximate surface area is 117 Å². The van der Waals surface area contributed by atoms with Crippen LogP contribution in [0.15, 0.2) is 4.99 Å². The van der Waals surface area contributed by atoms with Gasteiger partial charge in [-0.15, -0.1) is 0 Å². The number of rotatable bonds is 8. The van der Waals surface area contributed by atoms with E-state index in [-0.39, 0.29) is 0 Å². The molecule has 1 aliphatic rings. The second kappa shape index (κ2) is 10.0. The fourth-order valence-electron chi connectivity index (χ4n) is 2.17. The molecule has 112 valence electrons. The average molecular weight is 271 g/mol. The van der Waals surface area contributed by atoms with Gasteiger partial charge in [-0.2, -0.15) is 0 Å². The molecular formula is C14H29N3O2. The second-order valence-electron chi connectivity index (χ2n) is 4.90. The lowest BCUT2D eigenvalue weighted by Crippen LogP contribution is -2.41. The molecule has 0 aromatic rings. The summed E-state index contributed by atoms with van der Waals surface area (Å²) < 4.78 is 10.7. The van der Waals surface area contributed by atoms with E-state index in [1.54, 1.807) is 0 Å². The largest absolute Gasteiger partial charge is 0.382 e. The molecule has 0 bridgehead atoms. The van der Waals surface area contributed by atoms with Gasteiger partial charge >= 0.3 is 0 Å². The van der Waals surface area contributed by atoms with Crippen LogP contribution in [-0.2, 0) is 9.47 Å². The van der Waals surface area contributed by atoms with E-state index in [4.69, 9.17) is 9.47 Å². The Hall–Kier alpha value is -0.810. The number of aliphatic imine (C=N–C) groups is 1. The maximum atomic E-state index is 5.42. The molecule has 0 aromatic carbocycles. The zero-order valence-corrected chi connectivity index (χ0v) is 12.7. The topological polar surface area (TPSA) is 46.1 Å². The third kappa shape index (κ3) is 6.78.